The molecule has 0 saturated heterocycles. The Morgan fingerprint density at radius 1 is 1.54 bits per heavy atom. The first-order valence-corrected chi connectivity index (χ1v) is 3.67. The number of rotatable bonds is 1. The number of nitrogens with two attached hydrogens (primary N) is 1. The van der Waals surface area contributed by atoms with E-state index < -0.39 is 11.8 Å². The summed E-state index contributed by atoms with van der Waals surface area (Å²) in [6.45, 7) is 1.76. The number of hydrogen-bond donors (Lipinski definition) is 3. The maximum atomic E-state index is 13.1. The summed E-state index contributed by atoms with van der Waals surface area (Å²) < 4.78 is 13.1. The quantitative estimate of drug-likeness (QED) is 0.347. The van der Waals surface area contributed by atoms with Gasteiger partial charge >= 0.3 is 6.03 Å². The molecule has 0 aliphatic rings. The first kappa shape index (κ1) is 9.47. The molecular formula is C8H10FN3O. The molecule has 2 amide bonds. The molecule has 4 nitrogen and oxygen atoms in total. The third-order valence-corrected chi connectivity index (χ3v) is 1.50. The van der Waals surface area contributed by atoms with E-state index in [1.165, 1.54) is 12.1 Å². The summed E-state index contributed by atoms with van der Waals surface area (Å²) in [6, 6.07) is 3.84. The van der Waals surface area contributed by atoms with E-state index in [0.29, 0.717) is 0 Å². The van der Waals surface area contributed by atoms with Crippen LogP contribution in [0.25, 0.3) is 0 Å². The van der Waals surface area contributed by atoms with Crippen LogP contribution in [0.5, 0.6) is 0 Å². The molecule has 0 saturated carbocycles. The number of nitrogens with one attached hydrogen (secondary N) is 2. The second-order valence-electron chi connectivity index (χ2n) is 2.58. The molecule has 0 spiro atoms. The highest BCUT2D eigenvalue weighted by molar-refractivity contribution is 5.88. The van der Waals surface area contributed by atoms with Gasteiger partial charge in [0.05, 0.1) is 5.69 Å². The molecular weight excluding hydrogens is 173 g/mol. The first-order valence-electron chi connectivity index (χ1n) is 3.67. The molecule has 0 aromatic heterocycles. The van der Waals surface area contributed by atoms with Gasteiger partial charge in [-0.05, 0) is 24.6 Å². The summed E-state index contributed by atoms with van der Waals surface area (Å²) >= 11 is 0. The van der Waals surface area contributed by atoms with E-state index in [9.17, 15) is 9.18 Å². The molecule has 0 bridgehead atoms. The Hall–Kier alpha value is -1.62. The maximum Gasteiger partial charge on any atom is 0.333 e. The molecule has 0 aliphatic heterocycles. The fourth-order valence-corrected chi connectivity index (χ4v) is 0.880. The van der Waals surface area contributed by atoms with Crippen LogP contribution in [0.2, 0.25) is 0 Å². The summed E-state index contributed by atoms with van der Waals surface area (Å²) in [7, 11) is 0. The van der Waals surface area contributed by atoms with Crippen LogP contribution in [-0.4, -0.2) is 6.03 Å². The lowest BCUT2D eigenvalue weighted by Gasteiger charge is -2.05. The minimum Gasteiger partial charge on any atom is -0.304 e. The molecule has 0 heterocycles. The predicted molar refractivity (Wildman–Crippen MR) is 47.5 cm³/mol. The van der Waals surface area contributed by atoms with Crippen LogP contribution in [-0.2, 0) is 0 Å². The zero-order valence-corrected chi connectivity index (χ0v) is 7.10. The molecule has 1 aromatic carbocycles. The molecule has 5 heteroatoms. The molecule has 4 N–H and O–H groups in total. The third kappa shape index (κ3) is 2.41. The zero-order valence-electron chi connectivity index (χ0n) is 7.10. The van der Waals surface area contributed by atoms with Gasteiger partial charge in [0.1, 0.15) is 5.82 Å². The molecule has 0 atom stereocenters. The topological polar surface area (TPSA) is 67.2 Å². The fourth-order valence-electron chi connectivity index (χ4n) is 0.880. The van der Waals surface area contributed by atoms with Crippen molar-refractivity contribution in [1.29, 1.82) is 0 Å². The van der Waals surface area contributed by atoms with Crippen LogP contribution >= 0.6 is 0 Å². The van der Waals surface area contributed by atoms with Gasteiger partial charge in [-0.25, -0.2) is 15.0 Å². The van der Waals surface area contributed by atoms with Crippen molar-refractivity contribution in [3.8, 4) is 0 Å². The van der Waals surface area contributed by atoms with Gasteiger partial charge < -0.3 is 5.32 Å². The average molecular weight is 183 g/mol. The number of urea groups is 1. The van der Waals surface area contributed by atoms with Gasteiger partial charge in [-0.15, -0.1) is 0 Å². The van der Waals surface area contributed by atoms with Crippen LogP contribution in [0.4, 0.5) is 14.9 Å². The van der Waals surface area contributed by atoms with Gasteiger partial charge in [0, 0.05) is 0 Å². The third-order valence-electron chi connectivity index (χ3n) is 1.50. The summed E-state index contributed by atoms with van der Waals surface area (Å²) in [4.78, 5) is 10.7. The Balaban J connectivity index is 2.83. The number of hydrogen-bond acceptors (Lipinski definition) is 2. The van der Waals surface area contributed by atoms with Gasteiger partial charge in [-0.2, -0.15) is 0 Å². The molecule has 70 valence electrons. The van der Waals surface area contributed by atoms with Crippen molar-refractivity contribution in [2.45, 2.75) is 6.92 Å². The number of hydrazine groups is 1. The minimum atomic E-state index is -0.650. The van der Waals surface area contributed by atoms with Gasteiger partial charge in [0.15, 0.2) is 0 Å². The Labute approximate surface area is 74.9 Å². The highest BCUT2D eigenvalue weighted by atomic mass is 19.1. The Kier molecular flexibility index (Phi) is 2.81. The molecule has 0 fully saturated rings. The number of halogens is 1. The van der Waals surface area contributed by atoms with Crippen molar-refractivity contribution in [1.82, 2.24) is 5.43 Å². The highest BCUT2D eigenvalue weighted by Crippen LogP contribution is 2.14. The second kappa shape index (κ2) is 3.86. The van der Waals surface area contributed by atoms with Gasteiger partial charge in [0.2, 0.25) is 0 Å². The standard InChI is InChI=1S/C8H10FN3O/c1-5-2-3-7(6(9)4-5)11-8(13)12-10/h2-4H,10H2,1H3,(H2,11,12,13). The van der Waals surface area contributed by atoms with Crippen molar-refractivity contribution >= 4 is 11.7 Å². The molecule has 1 aromatic rings. The maximum absolute atomic E-state index is 13.1. The van der Waals surface area contributed by atoms with E-state index in [0.717, 1.165) is 5.56 Å². The first-order chi connectivity index (χ1) is 6.13. The van der Waals surface area contributed by atoms with Crippen LogP contribution in [0.1, 0.15) is 5.56 Å². The lowest BCUT2D eigenvalue weighted by molar-refractivity contribution is 0.252. The lowest BCUT2D eigenvalue weighted by Crippen LogP contribution is -2.34. The highest BCUT2D eigenvalue weighted by Gasteiger charge is 2.04. The summed E-state index contributed by atoms with van der Waals surface area (Å²) in [5.74, 6) is 4.33. The summed E-state index contributed by atoms with van der Waals surface area (Å²) in [5, 5.41) is 2.24. The Morgan fingerprint density at radius 2 is 2.23 bits per heavy atom. The van der Waals surface area contributed by atoms with Crippen LogP contribution < -0.4 is 16.6 Å². The van der Waals surface area contributed by atoms with E-state index >= 15 is 0 Å². The minimum absolute atomic E-state index is 0.105. The van der Waals surface area contributed by atoms with Crippen LogP contribution in [0, 0.1) is 12.7 Å². The van der Waals surface area contributed by atoms with E-state index in [-0.39, 0.29) is 5.69 Å². The van der Waals surface area contributed by atoms with Crippen molar-refractivity contribution in [3.63, 3.8) is 0 Å². The Bertz CT molecular complexity index is 327. The van der Waals surface area contributed by atoms with Crippen molar-refractivity contribution in [2.24, 2.45) is 5.84 Å². The number of amides is 2. The smallest absolute Gasteiger partial charge is 0.304 e. The van der Waals surface area contributed by atoms with Crippen molar-refractivity contribution in [2.75, 3.05) is 5.32 Å². The fraction of sp³-hybridized carbons (Fsp3) is 0.125. The zero-order chi connectivity index (χ0) is 9.84. The van der Waals surface area contributed by atoms with Gasteiger partial charge in [0.25, 0.3) is 0 Å². The monoisotopic (exact) mass is 183 g/mol. The largest absolute Gasteiger partial charge is 0.333 e. The summed E-state index contributed by atoms with van der Waals surface area (Å²) in [6.07, 6.45) is 0. The second-order valence-corrected chi connectivity index (χ2v) is 2.58. The molecule has 13 heavy (non-hydrogen) atoms. The summed E-state index contributed by atoms with van der Waals surface area (Å²) in [5.41, 5.74) is 2.73. The lowest BCUT2D eigenvalue weighted by atomic mass is 10.2. The number of benzene rings is 1. The van der Waals surface area contributed by atoms with Crippen molar-refractivity contribution in [3.05, 3.63) is 29.6 Å². The van der Waals surface area contributed by atoms with Crippen LogP contribution in [0.3, 0.4) is 0 Å². The molecule has 0 aliphatic carbocycles. The SMILES string of the molecule is Cc1ccc(NC(=O)NN)c(F)c1. The van der Waals surface area contributed by atoms with Gasteiger partial charge in [-0.3, -0.25) is 5.43 Å². The van der Waals surface area contributed by atoms with Crippen LogP contribution in [0.15, 0.2) is 18.2 Å². The van der Waals surface area contributed by atoms with Gasteiger partial charge in [-0.1, -0.05) is 6.07 Å². The Morgan fingerprint density at radius 3 is 2.77 bits per heavy atom. The molecule has 1 rings (SSSR count). The number of carbonyl (C=O) groups is 1. The average Bonchev–Trinajstić information content (AvgIpc) is 2.09. The molecule has 0 unspecified atom stereocenters. The van der Waals surface area contributed by atoms with E-state index in [1.54, 1.807) is 13.0 Å². The number of carbonyl (C=O) groups excluding carboxylic acids is 1. The normalized spacial score (nSPS) is 9.46. The van der Waals surface area contributed by atoms with Crippen molar-refractivity contribution < 1.29 is 9.18 Å². The molecule has 0 radical (unpaired) electrons. The van der Waals surface area contributed by atoms with E-state index in [1.807, 2.05) is 5.43 Å². The van der Waals surface area contributed by atoms with E-state index in [2.05, 4.69) is 5.32 Å². The predicted octanol–water partition coefficient (Wildman–Crippen LogP) is 1.13. The number of aryl methyl sites for hydroxylation is 1. The number of anilines is 1. The van der Waals surface area contributed by atoms with E-state index in [4.69, 9.17) is 5.84 Å².